The quantitative estimate of drug-likeness (QED) is 0.137. The summed E-state index contributed by atoms with van der Waals surface area (Å²) in [5, 5.41) is 5.53. The summed E-state index contributed by atoms with van der Waals surface area (Å²) in [6.45, 7) is 1.43. The molecule has 1 unspecified atom stereocenters. The first-order valence-electron chi connectivity index (χ1n) is 14.4. The van der Waals surface area contributed by atoms with Crippen molar-refractivity contribution in [3.8, 4) is 0 Å². The number of nitrogens with two attached hydrogens (primary N) is 2. The van der Waals surface area contributed by atoms with Crippen LogP contribution in [0.3, 0.4) is 0 Å². The van der Waals surface area contributed by atoms with Crippen molar-refractivity contribution in [2.75, 3.05) is 43.7 Å². The van der Waals surface area contributed by atoms with Gasteiger partial charge in [0.25, 0.3) is 11.8 Å². The van der Waals surface area contributed by atoms with Crippen LogP contribution in [0, 0.1) is 0 Å². The van der Waals surface area contributed by atoms with E-state index in [-0.39, 0.29) is 30.6 Å². The number of anilines is 3. The second kappa shape index (κ2) is 13.8. The van der Waals surface area contributed by atoms with Crippen molar-refractivity contribution in [2.24, 2.45) is 0 Å². The highest BCUT2D eigenvalue weighted by atomic mass is 16.5. The molecule has 0 bridgehead atoms. The van der Waals surface area contributed by atoms with Gasteiger partial charge in [-0.3, -0.25) is 9.59 Å². The molecule has 5 rings (SSSR count). The van der Waals surface area contributed by atoms with Crippen molar-refractivity contribution in [3.05, 3.63) is 76.6 Å². The fourth-order valence-corrected chi connectivity index (χ4v) is 5.15. The summed E-state index contributed by atoms with van der Waals surface area (Å²) in [7, 11) is 2.53. The Balaban J connectivity index is 1.16. The number of methoxy groups -OCH3 is 2. The maximum absolute atomic E-state index is 13.2. The summed E-state index contributed by atoms with van der Waals surface area (Å²) >= 11 is 0. The minimum atomic E-state index is -0.906. The van der Waals surface area contributed by atoms with E-state index >= 15 is 0 Å². The number of nitrogens with zero attached hydrogens (tertiary/aromatic N) is 5. The number of nitrogens with one attached hydrogen (secondary N) is 2. The maximum Gasteiger partial charge on any atom is 0.337 e. The number of esters is 2. The van der Waals surface area contributed by atoms with Crippen molar-refractivity contribution in [2.45, 2.75) is 31.8 Å². The average molecular weight is 628 g/mol. The molecule has 1 aliphatic rings. The number of amides is 2. The van der Waals surface area contributed by atoms with Crippen molar-refractivity contribution in [3.63, 3.8) is 0 Å². The van der Waals surface area contributed by atoms with E-state index in [0.717, 1.165) is 11.3 Å². The number of carbonyl (C=O) groups is 4. The number of carbonyl (C=O) groups excluding carboxylic acids is 4. The van der Waals surface area contributed by atoms with Gasteiger partial charge in [-0.25, -0.2) is 19.6 Å². The van der Waals surface area contributed by atoms with Gasteiger partial charge in [0.1, 0.15) is 6.04 Å². The van der Waals surface area contributed by atoms with Gasteiger partial charge in [0.2, 0.25) is 5.95 Å². The molecular formula is C31H33N9O6. The second-order valence-corrected chi connectivity index (χ2v) is 10.5. The smallest absolute Gasteiger partial charge is 0.337 e. The summed E-state index contributed by atoms with van der Waals surface area (Å²) < 4.78 is 9.56. The minimum absolute atomic E-state index is 0.0317. The zero-order valence-corrected chi connectivity index (χ0v) is 25.3. The molecule has 0 fully saturated rings. The highest BCUT2D eigenvalue weighted by molar-refractivity contribution is 5.98. The molecule has 0 spiro atoms. The number of hydrogen-bond donors (Lipinski definition) is 4. The van der Waals surface area contributed by atoms with Gasteiger partial charge in [0, 0.05) is 29.9 Å². The molecule has 0 saturated heterocycles. The first-order chi connectivity index (χ1) is 22.2. The lowest BCUT2D eigenvalue weighted by Crippen LogP contribution is -2.42. The Morgan fingerprint density at radius 1 is 0.935 bits per heavy atom. The normalized spacial score (nSPS) is 12.7. The van der Waals surface area contributed by atoms with Crippen LogP contribution in [0.2, 0.25) is 0 Å². The van der Waals surface area contributed by atoms with E-state index in [1.807, 2.05) is 12.1 Å². The van der Waals surface area contributed by atoms with Crippen molar-refractivity contribution < 1.29 is 28.7 Å². The lowest BCUT2D eigenvalue weighted by atomic mass is 10.1. The van der Waals surface area contributed by atoms with Crippen LogP contribution in [0.1, 0.15) is 55.2 Å². The number of rotatable bonds is 11. The highest BCUT2D eigenvalue weighted by Crippen LogP contribution is 2.30. The average Bonchev–Trinajstić information content (AvgIpc) is 3.47. The molecule has 4 aromatic rings. The standard InChI is InChI=1S/C31H33N9O6/c1-45-29(43)18-7-5-17(6-8-18)27(41)34-12-3-4-22(30(44)46-2)37-28(42)20-9-10-23-19(14-20)11-13-40(23)16-21-15-35-26-24(36-21)25(32)38-31(33)39-26/h5-10,14-15,22H,3-4,11-13,16H2,1-2H3,(H,34,41)(H,37,42)(H4,32,33,35,38,39). The van der Waals surface area contributed by atoms with Gasteiger partial charge in [-0.2, -0.15) is 9.97 Å². The van der Waals surface area contributed by atoms with E-state index in [1.165, 1.54) is 38.5 Å². The number of fused-ring (bicyclic) bond motifs is 2. The third-order valence-corrected chi connectivity index (χ3v) is 7.50. The van der Waals surface area contributed by atoms with Crippen molar-refractivity contribution in [1.82, 2.24) is 30.6 Å². The highest BCUT2D eigenvalue weighted by Gasteiger charge is 2.25. The number of benzene rings is 2. The van der Waals surface area contributed by atoms with Crippen molar-refractivity contribution in [1.29, 1.82) is 0 Å². The van der Waals surface area contributed by atoms with Crippen LogP contribution in [0.5, 0.6) is 0 Å². The van der Waals surface area contributed by atoms with Crippen LogP contribution < -0.4 is 27.0 Å². The van der Waals surface area contributed by atoms with Gasteiger partial charge >= 0.3 is 11.9 Å². The number of hydrogen-bond acceptors (Lipinski definition) is 13. The summed E-state index contributed by atoms with van der Waals surface area (Å²) in [4.78, 5) is 68.7. The van der Waals surface area contributed by atoms with E-state index in [1.54, 1.807) is 12.3 Å². The predicted octanol–water partition coefficient (Wildman–Crippen LogP) is 1.42. The van der Waals surface area contributed by atoms with Crippen LogP contribution in [0.25, 0.3) is 11.2 Å². The molecule has 0 radical (unpaired) electrons. The van der Waals surface area contributed by atoms with Gasteiger partial charge in [-0.05, 0) is 67.3 Å². The Bertz CT molecular complexity index is 1800. The second-order valence-electron chi connectivity index (χ2n) is 10.5. The molecule has 2 amide bonds. The van der Waals surface area contributed by atoms with Crippen LogP contribution in [0.15, 0.2) is 48.7 Å². The molecule has 15 heteroatoms. The van der Waals surface area contributed by atoms with Crippen molar-refractivity contribution >= 4 is 52.4 Å². The Morgan fingerprint density at radius 3 is 2.41 bits per heavy atom. The molecule has 0 saturated carbocycles. The molecule has 1 aliphatic heterocycles. The largest absolute Gasteiger partial charge is 0.467 e. The van der Waals surface area contributed by atoms with E-state index < -0.39 is 23.9 Å². The topological polar surface area (TPSA) is 218 Å². The zero-order chi connectivity index (χ0) is 32.8. The number of nitrogen functional groups attached to an aromatic ring is 2. The fourth-order valence-electron chi connectivity index (χ4n) is 5.15. The first-order valence-corrected chi connectivity index (χ1v) is 14.4. The monoisotopic (exact) mass is 627 g/mol. The fraction of sp³-hybridized carbons (Fsp3) is 0.290. The van der Waals surface area contributed by atoms with Gasteiger partial charge in [0.05, 0.1) is 38.2 Å². The molecular weight excluding hydrogens is 594 g/mol. The summed E-state index contributed by atoms with van der Waals surface area (Å²) in [5.74, 6) is -1.64. The van der Waals surface area contributed by atoms with Crippen LogP contribution in [-0.2, 0) is 27.2 Å². The van der Waals surface area contributed by atoms with Gasteiger partial charge in [0.15, 0.2) is 17.0 Å². The summed E-state index contributed by atoms with van der Waals surface area (Å²) in [6, 6.07) is 10.5. The van der Waals surface area contributed by atoms with Gasteiger partial charge in [-0.1, -0.05) is 0 Å². The first kappa shape index (κ1) is 31.6. The number of ether oxygens (including phenoxy) is 2. The van der Waals surface area contributed by atoms with Crippen LogP contribution in [-0.4, -0.2) is 77.0 Å². The minimum Gasteiger partial charge on any atom is -0.467 e. The lowest BCUT2D eigenvalue weighted by molar-refractivity contribution is -0.143. The summed E-state index contributed by atoms with van der Waals surface area (Å²) in [5.41, 5.74) is 16.0. The van der Waals surface area contributed by atoms with Crippen LogP contribution >= 0.6 is 0 Å². The van der Waals surface area contributed by atoms with Gasteiger partial charge in [-0.15, -0.1) is 0 Å². The molecule has 1 atom stereocenters. The number of aromatic nitrogens is 4. The molecule has 6 N–H and O–H groups in total. The molecule has 238 valence electrons. The molecule has 46 heavy (non-hydrogen) atoms. The van der Waals surface area contributed by atoms with E-state index in [9.17, 15) is 19.2 Å². The van der Waals surface area contributed by atoms with E-state index in [4.69, 9.17) is 16.2 Å². The lowest BCUT2D eigenvalue weighted by Gasteiger charge is -2.20. The third-order valence-electron chi connectivity index (χ3n) is 7.50. The van der Waals surface area contributed by atoms with E-state index in [0.29, 0.717) is 59.5 Å². The Hall–Kier alpha value is -5.86. The van der Waals surface area contributed by atoms with E-state index in [2.05, 4.69) is 40.2 Å². The van der Waals surface area contributed by atoms with Crippen LogP contribution in [0.4, 0.5) is 17.5 Å². The Labute approximate surface area is 263 Å². The Morgan fingerprint density at radius 2 is 1.67 bits per heavy atom. The predicted molar refractivity (Wildman–Crippen MR) is 168 cm³/mol. The molecule has 3 heterocycles. The molecule has 2 aromatic carbocycles. The molecule has 0 aliphatic carbocycles. The summed E-state index contributed by atoms with van der Waals surface area (Å²) in [6.07, 6.45) is 2.97. The SMILES string of the molecule is COC(=O)c1ccc(C(=O)NCCCC(NC(=O)c2ccc3c(c2)CCN3Cc2cnc3nc(N)nc(N)c3n2)C(=O)OC)cc1. The molecule has 2 aromatic heterocycles. The molecule has 15 nitrogen and oxygen atoms in total. The Kier molecular flexibility index (Phi) is 9.50. The van der Waals surface area contributed by atoms with Gasteiger partial charge < -0.3 is 36.5 Å². The zero-order valence-electron chi connectivity index (χ0n) is 25.3. The third kappa shape index (κ3) is 7.09. The maximum atomic E-state index is 13.2.